The van der Waals surface area contributed by atoms with Gasteiger partial charge in [0.15, 0.2) is 9.84 Å². The first-order valence-electron chi connectivity index (χ1n) is 5.74. The summed E-state index contributed by atoms with van der Waals surface area (Å²) in [6.07, 6.45) is 2.72. The molecule has 5 nitrogen and oxygen atoms in total. The Labute approximate surface area is 109 Å². The zero-order valence-corrected chi connectivity index (χ0v) is 11.7. The molecule has 1 amide bonds. The molecule has 1 aliphatic rings. The Morgan fingerprint density at radius 1 is 1.47 bits per heavy atom. The summed E-state index contributed by atoms with van der Waals surface area (Å²) in [6, 6.07) is 0.304. The van der Waals surface area contributed by atoms with Gasteiger partial charge in [-0.2, -0.15) is 0 Å². The summed E-state index contributed by atoms with van der Waals surface area (Å²) in [5.74, 6) is -0.683. The summed E-state index contributed by atoms with van der Waals surface area (Å²) in [6.45, 7) is 3.30. The Morgan fingerprint density at radius 2 is 2.18 bits per heavy atom. The minimum atomic E-state index is -3.21. The topological polar surface area (TPSA) is 75.3 Å². The standard InChI is InChI=1S/C10H20N2O3S.ClH/c1-2-6-16(14,15)8-10(13)12-7-9-4-3-5-11-9;/h9,11H,2-8H2,1H3,(H,12,13);1H. The van der Waals surface area contributed by atoms with E-state index in [1.807, 2.05) is 0 Å². The molecule has 1 rings (SSSR count). The molecule has 1 saturated heterocycles. The van der Waals surface area contributed by atoms with E-state index in [2.05, 4.69) is 10.6 Å². The molecule has 1 heterocycles. The van der Waals surface area contributed by atoms with Gasteiger partial charge in [-0.15, -0.1) is 12.4 Å². The van der Waals surface area contributed by atoms with Crippen molar-refractivity contribution in [2.24, 2.45) is 0 Å². The molecule has 0 aromatic carbocycles. The quantitative estimate of drug-likeness (QED) is 0.725. The molecule has 0 aliphatic carbocycles. The average molecular weight is 285 g/mol. The molecule has 1 aliphatic heterocycles. The second-order valence-electron chi connectivity index (χ2n) is 4.19. The van der Waals surface area contributed by atoms with E-state index < -0.39 is 9.84 Å². The molecule has 0 radical (unpaired) electrons. The van der Waals surface area contributed by atoms with Crippen molar-refractivity contribution in [3.05, 3.63) is 0 Å². The van der Waals surface area contributed by atoms with Crippen LogP contribution in [0, 0.1) is 0 Å². The van der Waals surface area contributed by atoms with Crippen molar-refractivity contribution in [1.82, 2.24) is 10.6 Å². The summed E-state index contributed by atoms with van der Waals surface area (Å²) < 4.78 is 22.7. The number of amides is 1. The zero-order chi connectivity index (χ0) is 12.0. The fraction of sp³-hybridized carbons (Fsp3) is 0.900. The largest absolute Gasteiger partial charge is 0.354 e. The molecule has 0 spiro atoms. The third-order valence-electron chi connectivity index (χ3n) is 2.57. The van der Waals surface area contributed by atoms with Crippen molar-refractivity contribution in [2.45, 2.75) is 32.2 Å². The molecule has 2 N–H and O–H groups in total. The lowest BCUT2D eigenvalue weighted by atomic mass is 10.2. The van der Waals surface area contributed by atoms with Crippen LogP contribution in [0.1, 0.15) is 26.2 Å². The number of carbonyl (C=O) groups excluding carboxylic acids is 1. The fourth-order valence-corrected chi connectivity index (χ4v) is 3.07. The van der Waals surface area contributed by atoms with Crippen LogP contribution in [0.4, 0.5) is 0 Å². The Hall–Kier alpha value is -0.330. The predicted octanol–water partition coefficient (Wildman–Crippen LogP) is 0.101. The summed E-state index contributed by atoms with van der Waals surface area (Å²) in [7, 11) is -3.21. The van der Waals surface area contributed by atoms with Crippen LogP contribution in [-0.4, -0.2) is 45.0 Å². The molecule has 17 heavy (non-hydrogen) atoms. The third kappa shape index (κ3) is 6.85. The second kappa shape index (κ2) is 7.89. The van der Waals surface area contributed by atoms with Gasteiger partial charge < -0.3 is 10.6 Å². The first kappa shape index (κ1) is 16.7. The number of nitrogens with one attached hydrogen (secondary N) is 2. The van der Waals surface area contributed by atoms with Gasteiger partial charge in [-0.05, 0) is 25.8 Å². The maximum Gasteiger partial charge on any atom is 0.235 e. The number of hydrogen-bond acceptors (Lipinski definition) is 4. The molecule has 1 fully saturated rings. The maximum absolute atomic E-state index is 11.4. The molecule has 1 atom stereocenters. The Morgan fingerprint density at radius 3 is 2.71 bits per heavy atom. The van der Waals surface area contributed by atoms with Gasteiger partial charge in [-0.1, -0.05) is 6.92 Å². The minimum Gasteiger partial charge on any atom is -0.354 e. The Balaban J connectivity index is 0.00000256. The summed E-state index contributed by atoms with van der Waals surface area (Å²) in [5, 5.41) is 5.89. The summed E-state index contributed by atoms with van der Waals surface area (Å²) in [5.41, 5.74) is 0. The lowest BCUT2D eigenvalue weighted by Crippen LogP contribution is -2.39. The van der Waals surface area contributed by atoms with Gasteiger partial charge in [0.1, 0.15) is 5.75 Å². The average Bonchev–Trinajstić information content (AvgIpc) is 2.66. The smallest absolute Gasteiger partial charge is 0.235 e. The van der Waals surface area contributed by atoms with Crippen LogP contribution in [0.3, 0.4) is 0 Å². The molecule has 1 unspecified atom stereocenters. The molecule has 7 heteroatoms. The van der Waals surface area contributed by atoms with Gasteiger partial charge in [0.05, 0.1) is 5.75 Å². The van der Waals surface area contributed by atoms with Crippen molar-refractivity contribution in [1.29, 1.82) is 0 Å². The van der Waals surface area contributed by atoms with Gasteiger partial charge >= 0.3 is 0 Å². The number of rotatable bonds is 6. The van der Waals surface area contributed by atoms with E-state index in [-0.39, 0.29) is 29.8 Å². The van der Waals surface area contributed by atoms with E-state index in [1.54, 1.807) is 6.92 Å². The van der Waals surface area contributed by atoms with Crippen molar-refractivity contribution < 1.29 is 13.2 Å². The van der Waals surface area contributed by atoms with E-state index in [9.17, 15) is 13.2 Å². The first-order valence-corrected chi connectivity index (χ1v) is 7.56. The Kier molecular flexibility index (Phi) is 7.74. The second-order valence-corrected chi connectivity index (χ2v) is 6.37. The minimum absolute atomic E-state index is 0. The molecule has 0 aromatic heterocycles. The van der Waals surface area contributed by atoms with Gasteiger partial charge in [-0.3, -0.25) is 4.79 Å². The van der Waals surface area contributed by atoms with Crippen LogP contribution in [-0.2, 0) is 14.6 Å². The SMILES string of the molecule is CCCS(=O)(=O)CC(=O)NCC1CCCN1.Cl. The van der Waals surface area contributed by atoms with Crippen LogP contribution in [0.2, 0.25) is 0 Å². The Bertz CT molecular complexity index is 326. The van der Waals surface area contributed by atoms with Gasteiger partial charge in [0.25, 0.3) is 0 Å². The zero-order valence-electron chi connectivity index (χ0n) is 10.1. The highest BCUT2D eigenvalue weighted by Gasteiger charge is 2.18. The normalized spacial score (nSPS) is 19.7. The van der Waals surface area contributed by atoms with Crippen LogP contribution in [0.15, 0.2) is 0 Å². The lowest BCUT2D eigenvalue weighted by molar-refractivity contribution is -0.118. The molecule has 0 aromatic rings. The van der Waals surface area contributed by atoms with Crippen LogP contribution < -0.4 is 10.6 Å². The van der Waals surface area contributed by atoms with E-state index in [0.717, 1.165) is 19.4 Å². The lowest BCUT2D eigenvalue weighted by Gasteiger charge is -2.11. The highest BCUT2D eigenvalue weighted by molar-refractivity contribution is 7.92. The fourth-order valence-electron chi connectivity index (χ4n) is 1.80. The molecule has 0 saturated carbocycles. The van der Waals surface area contributed by atoms with Crippen molar-refractivity contribution >= 4 is 28.2 Å². The van der Waals surface area contributed by atoms with Gasteiger partial charge in [-0.25, -0.2) is 8.42 Å². The maximum atomic E-state index is 11.4. The molecule has 102 valence electrons. The number of carbonyl (C=O) groups is 1. The van der Waals surface area contributed by atoms with Crippen LogP contribution in [0.25, 0.3) is 0 Å². The summed E-state index contributed by atoms with van der Waals surface area (Å²) in [4.78, 5) is 11.4. The predicted molar refractivity (Wildman–Crippen MR) is 70.2 cm³/mol. The van der Waals surface area contributed by atoms with E-state index in [0.29, 0.717) is 19.0 Å². The van der Waals surface area contributed by atoms with Gasteiger partial charge in [0.2, 0.25) is 5.91 Å². The molecule has 0 bridgehead atoms. The van der Waals surface area contributed by atoms with Crippen LogP contribution in [0.5, 0.6) is 0 Å². The van der Waals surface area contributed by atoms with Crippen molar-refractivity contribution in [3.63, 3.8) is 0 Å². The number of halogens is 1. The summed E-state index contributed by atoms with van der Waals surface area (Å²) >= 11 is 0. The van der Waals surface area contributed by atoms with Crippen molar-refractivity contribution in [2.75, 3.05) is 24.6 Å². The van der Waals surface area contributed by atoms with E-state index in [1.165, 1.54) is 0 Å². The monoisotopic (exact) mass is 284 g/mol. The first-order chi connectivity index (χ1) is 7.53. The van der Waals surface area contributed by atoms with Gasteiger partial charge in [0, 0.05) is 12.6 Å². The van der Waals surface area contributed by atoms with Crippen LogP contribution >= 0.6 is 12.4 Å². The van der Waals surface area contributed by atoms with E-state index >= 15 is 0 Å². The molecular formula is C10H21ClN2O3S. The number of sulfone groups is 1. The highest BCUT2D eigenvalue weighted by Crippen LogP contribution is 2.03. The van der Waals surface area contributed by atoms with Crippen molar-refractivity contribution in [3.8, 4) is 0 Å². The third-order valence-corrected chi connectivity index (χ3v) is 4.31. The molecular weight excluding hydrogens is 264 g/mol. The highest BCUT2D eigenvalue weighted by atomic mass is 35.5. The van der Waals surface area contributed by atoms with E-state index in [4.69, 9.17) is 0 Å². The number of hydrogen-bond donors (Lipinski definition) is 2.